The van der Waals surface area contributed by atoms with Crippen molar-refractivity contribution in [2.24, 2.45) is 0 Å². The molecule has 0 atom stereocenters. The number of carboxylic acids is 2. The Bertz CT molecular complexity index is 139. The van der Waals surface area contributed by atoms with Gasteiger partial charge in [-0.05, 0) is 0 Å². The summed E-state index contributed by atoms with van der Waals surface area (Å²) in [5.41, 5.74) is 0. The van der Waals surface area contributed by atoms with E-state index in [-0.39, 0.29) is 12.3 Å². The number of carbonyl (C=O) groups is 3. The zero-order chi connectivity index (χ0) is 8.73. The maximum absolute atomic E-state index is 9.10. The fraction of sp³-hybridized carbons (Fsp3) is 0. The quantitative estimate of drug-likeness (QED) is 0.274. The van der Waals surface area contributed by atoms with Crippen LogP contribution in [-0.2, 0) is 9.59 Å². The summed E-state index contributed by atoms with van der Waals surface area (Å²) in [5, 5.41) is 28.7. The molecule has 0 aliphatic heterocycles. The van der Waals surface area contributed by atoms with E-state index in [2.05, 4.69) is 0 Å². The second-order valence-electron chi connectivity index (χ2n) is 0.893. The summed E-state index contributed by atoms with van der Waals surface area (Å²) in [7, 11) is 0. The third-order valence-corrected chi connectivity index (χ3v) is 0.183. The van der Waals surface area contributed by atoms with E-state index in [9.17, 15) is 0 Å². The van der Waals surface area contributed by atoms with E-state index in [0.717, 1.165) is 0 Å². The molecule has 0 spiro atoms. The van der Waals surface area contributed by atoms with Crippen LogP contribution in [0.25, 0.3) is 0 Å². The van der Waals surface area contributed by atoms with Crippen LogP contribution in [-0.4, -0.2) is 38.5 Å². The van der Waals surface area contributed by atoms with Crippen molar-refractivity contribution in [1.29, 1.82) is 0 Å². The van der Waals surface area contributed by atoms with E-state index < -0.39 is 18.1 Å². The van der Waals surface area contributed by atoms with Gasteiger partial charge in [-0.25, -0.2) is 14.4 Å². The first-order valence-electron chi connectivity index (χ1n) is 1.76. The molecule has 0 amide bonds. The minimum Gasteiger partial charge on any atom is -0.473 e. The molecule has 0 unspecified atom stereocenters. The molecule has 10 N–H and O–H groups in total. The van der Waals surface area contributed by atoms with Crippen molar-refractivity contribution in [3.63, 3.8) is 0 Å². The Balaban J connectivity index is -0.0000000483. The van der Waals surface area contributed by atoms with E-state index in [0.29, 0.717) is 0 Å². The summed E-state index contributed by atoms with van der Waals surface area (Å²) in [6, 6.07) is 0. The predicted octanol–water partition coefficient (Wildman–Crippen LogP) is -0.298. The lowest BCUT2D eigenvalue weighted by Crippen LogP contribution is -2.09. The molecule has 74 valence electrons. The highest BCUT2D eigenvalue weighted by molar-refractivity contribution is 6.27. The smallest absolute Gasteiger partial charge is 0.473 e. The highest BCUT2D eigenvalue weighted by atomic mass is 16.6. The lowest BCUT2D eigenvalue weighted by atomic mass is 10.7. The summed E-state index contributed by atoms with van der Waals surface area (Å²) < 4.78 is 0. The molecular weight excluding hydrogens is 176 g/mol. The minimum absolute atomic E-state index is 0. The lowest BCUT2D eigenvalue weighted by molar-refractivity contribution is -0.159. The van der Waals surface area contributed by atoms with E-state index >= 15 is 0 Å². The van der Waals surface area contributed by atoms with E-state index in [1.807, 2.05) is 0 Å². The second kappa shape index (κ2) is 11.9. The Morgan fingerprint density at radius 1 is 0.667 bits per heavy atom. The van der Waals surface area contributed by atoms with Crippen molar-refractivity contribution < 1.29 is 34.8 Å². The van der Waals surface area contributed by atoms with Crippen LogP contribution >= 0.6 is 0 Å². The Morgan fingerprint density at radius 2 is 0.750 bits per heavy atom. The van der Waals surface area contributed by atoms with Crippen molar-refractivity contribution in [1.82, 2.24) is 12.3 Å². The maximum atomic E-state index is 9.10. The Morgan fingerprint density at radius 3 is 0.750 bits per heavy atom. The van der Waals surface area contributed by atoms with Gasteiger partial charge in [0.05, 0.1) is 0 Å². The summed E-state index contributed by atoms with van der Waals surface area (Å²) in [4.78, 5) is 26.8. The normalized spacial score (nSPS) is 5.67. The molecule has 0 saturated carbocycles. The highest BCUT2D eigenvalue weighted by Crippen LogP contribution is 1.56. The topological polar surface area (TPSA) is 202 Å². The SMILES string of the molecule is N.N.O=C(O)C(=O)O.O=C(O)O. The van der Waals surface area contributed by atoms with Gasteiger partial charge in [-0.3, -0.25) is 0 Å². The van der Waals surface area contributed by atoms with Crippen LogP contribution in [0, 0.1) is 0 Å². The number of hydrogen-bond donors (Lipinski definition) is 6. The van der Waals surface area contributed by atoms with Gasteiger partial charge in [0.15, 0.2) is 0 Å². The average Bonchev–Trinajstić information content (AvgIpc) is 1.63. The number of hydrogen-bond acceptors (Lipinski definition) is 5. The van der Waals surface area contributed by atoms with Gasteiger partial charge in [-0.15, -0.1) is 0 Å². The Labute approximate surface area is 66.4 Å². The molecule has 0 heterocycles. The third-order valence-electron chi connectivity index (χ3n) is 0.183. The highest BCUT2D eigenvalue weighted by Gasteiger charge is 2.04. The van der Waals surface area contributed by atoms with Gasteiger partial charge in [0, 0.05) is 0 Å². The van der Waals surface area contributed by atoms with Gasteiger partial charge >= 0.3 is 18.1 Å². The summed E-state index contributed by atoms with van der Waals surface area (Å²) in [6.45, 7) is 0. The molecule has 0 aromatic heterocycles. The van der Waals surface area contributed by atoms with Crippen molar-refractivity contribution in [3.8, 4) is 0 Å². The third kappa shape index (κ3) is 91.1. The molecule has 0 fully saturated rings. The number of rotatable bonds is 0. The summed E-state index contributed by atoms with van der Waals surface area (Å²) in [6.07, 6.45) is -1.83. The Hall–Kier alpha value is -1.87. The molecule has 0 aromatic carbocycles. The van der Waals surface area contributed by atoms with Crippen LogP contribution in [0.1, 0.15) is 0 Å². The molecule has 0 aliphatic carbocycles. The van der Waals surface area contributed by atoms with Crippen molar-refractivity contribution >= 4 is 18.1 Å². The first-order valence-corrected chi connectivity index (χ1v) is 1.76. The molecular formula is C3H10N2O7. The largest absolute Gasteiger partial charge is 0.503 e. The van der Waals surface area contributed by atoms with Gasteiger partial charge < -0.3 is 32.7 Å². The van der Waals surface area contributed by atoms with Crippen LogP contribution in [0.15, 0.2) is 0 Å². The van der Waals surface area contributed by atoms with Crippen molar-refractivity contribution in [2.45, 2.75) is 0 Å². The summed E-state index contributed by atoms with van der Waals surface area (Å²) in [5.74, 6) is -3.65. The van der Waals surface area contributed by atoms with E-state index in [4.69, 9.17) is 34.8 Å². The van der Waals surface area contributed by atoms with Crippen LogP contribution in [0.5, 0.6) is 0 Å². The van der Waals surface area contributed by atoms with Gasteiger partial charge in [0.2, 0.25) is 0 Å². The van der Waals surface area contributed by atoms with E-state index in [1.165, 1.54) is 0 Å². The fourth-order valence-electron chi connectivity index (χ4n) is 0. The van der Waals surface area contributed by atoms with Crippen LogP contribution in [0.2, 0.25) is 0 Å². The van der Waals surface area contributed by atoms with Crippen LogP contribution < -0.4 is 12.3 Å². The zero-order valence-electron chi connectivity index (χ0n) is 5.93. The monoisotopic (exact) mass is 186 g/mol. The average molecular weight is 186 g/mol. The summed E-state index contributed by atoms with van der Waals surface area (Å²) >= 11 is 0. The lowest BCUT2D eigenvalue weighted by Gasteiger charge is -1.72. The molecule has 9 nitrogen and oxygen atoms in total. The molecule has 9 heteroatoms. The molecule has 0 aliphatic rings. The molecule has 0 saturated heterocycles. The second-order valence-corrected chi connectivity index (χ2v) is 0.893. The number of aliphatic carboxylic acids is 2. The van der Waals surface area contributed by atoms with Gasteiger partial charge in [0.1, 0.15) is 0 Å². The first-order chi connectivity index (χ1) is 4.37. The zero-order valence-corrected chi connectivity index (χ0v) is 5.93. The minimum atomic E-state index is -1.83. The maximum Gasteiger partial charge on any atom is 0.503 e. The van der Waals surface area contributed by atoms with Gasteiger partial charge in [-0.1, -0.05) is 0 Å². The van der Waals surface area contributed by atoms with Gasteiger partial charge in [-0.2, -0.15) is 0 Å². The molecule has 0 rings (SSSR count). The molecule has 0 aromatic rings. The predicted molar refractivity (Wildman–Crippen MR) is 36.0 cm³/mol. The van der Waals surface area contributed by atoms with Crippen molar-refractivity contribution in [2.75, 3.05) is 0 Å². The van der Waals surface area contributed by atoms with Gasteiger partial charge in [0.25, 0.3) is 0 Å². The first kappa shape index (κ1) is 22.5. The van der Waals surface area contributed by atoms with Crippen molar-refractivity contribution in [3.05, 3.63) is 0 Å². The standard InChI is InChI=1S/C2H2O4.CH2O3.2H3N/c3-1(4)2(5)6;2-1(3)4;;/h(H,3,4)(H,5,6);(H2,2,3,4);2*1H3. The molecule has 0 bridgehead atoms. The van der Waals surface area contributed by atoms with E-state index in [1.54, 1.807) is 0 Å². The van der Waals surface area contributed by atoms with Crippen LogP contribution in [0.3, 0.4) is 0 Å². The Kier molecular flexibility index (Phi) is 22.2. The molecule has 12 heavy (non-hydrogen) atoms. The fourth-order valence-corrected chi connectivity index (χ4v) is 0. The number of carboxylic acid groups (broad SMARTS) is 4. The van der Waals surface area contributed by atoms with Crippen LogP contribution in [0.4, 0.5) is 4.79 Å². The molecule has 0 radical (unpaired) electrons.